The van der Waals surface area contributed by atoms with Crippen molar-refractivity contribution in [3.05, 3.63) is 83.4 Å². The minimum Gasteiger partial charge on any atom is -0.493 e. The summed E-state index contributed by atoms with van der Waals surface area (Å²) in [5.41, 5.74) is 2.86. The molecule has 0 spiro atoms. The van der Waals surface area contributed by atoms with E-state index in [0.717, 1.165) is 27.4 Å². The summed E-state index contributed by atoms with van der Waals surface area (Å²) in [6.45, 7) is 7.64. The van der Waals surface area contributed by atoms with E-state index >= 15 is 0 Å². The zero-order valence-electron chi connectivity index (χ0n) is 25.2. The Hall–Kier alpha value is -4.05. The van der Waals surface area contributed by atoms with Crippen molar-refractivity contribution >= 4 is 27.5 Å². The van der Waals surface area contributed by atoms with Gasteiger partial charge in [0.2, 0.25) is 11.8 Å². The van der Waals surface area contributed by atoms with E-state index in [0.29, 0.717) is 24.4 Å². The minimum absolute atomic E-state index is 0.0607. The van der Waals surface area contributed by atoms with Crippen LogP contribution in [-0.2, 0) is 26.2 Å². The molecule has 2 amide bonds. The van der Waals surface area contributed by atoms with Crippen molar-refractivity contribution in [2.45, 2.75) is 58.0 Å². The first-order valence-electron chi connectivity index (χ1n) is 14.0. The van der Waals surface area contributed by atoms with E-state index in [2.05, 4.69) is 5.32 Å². The van der Waals surface area contributed by atoms with Gasteiger partial charge in [0.15, 0.2) is 11.5 Å². The highest BCUT2D eigenvalue weighted by Crippen LogP contribution is 2.33. The number of aryl methyl sites for hydroxylation is 2. The maximum atomic E-state index is 14.2. The Morgan fingerprint density at radius 2 is 1.52 bits per heavy atom. The molecule has 9 nitrogen and oxygen atoms in total. The molecule has 0 saturated carbocycles. The third-order valence-electron chi connectivity index (χ3n) is 6.85. The highest BCUT2D eigenvalue weighted by atomic mass is 32.2. The number of nitrogens with zero attached hydrogens (tertiary/aromatic N) is 2. The molecule has 0 aliphatic carbocycles. The van der Waals surface area contributed by atoms with Crippen molar-refractivity contribution in [1.29, 1.82) is 0 Å². The van der Waals surface area contributed by atoms with E-state index in [1.165, 1.54) is 37.3 Å². The molecule has 42 heavy (non-hydrogen) atoms. The van der Waals surface area contributed by atoms with Gasteiger partial charge in [0, 0.05) is 19.2 Å². The SMILES string of the molecule is CCCNC(=O)C(CC)N(Cc1ccccc1)C(=O)CN(c1cc(C)cc(C)c1)S(=O)(=O)c1ccc(OC)c(OC)c1. The van der Waals surface area contributed by atoms with Crippen molar-refractivity contribution in [3.8, 4) is 11.5 Å². The van der Waals surface area contributed by atoms with Gasteiger partial charge < -0.3 is 19.7 Å². The molecule has 1 N–H and O–H groups in total. The number of anilines is 1. The number of sulfonamides is 1. The normalized spacial score (nSPS) is 11.9. The molecule has 0 saturated heterocycles. The maximum Gasteiger partial charge on any atom is 0.264 e. The van der Waals surface area contributed by atoms with E-state index in [1.54, 1.807) is 12.1 Å². The molecule has 0 aliphatic rings. The number of methoxy groups -OCH3 is 2. The van der Waals surface area contributed by atoms with Gasteiger partial charge in [-0.15, -0.1) is 0 Å². The fourth-order valence-corrected chi connectivity index (χ4v) is 6.21. The Balaban J connectivity index is 2.12. The van der Waals surface area contributed by atoms with Gasteiger partial charge in [-0.3, -0.25) is 13.9 Å². The maximum absolute atomic E-state index is 14.2. The Morgan fingerprint density at radius 1 is 0.881 bits per heavy atom. The molecule has 1 unspecified atom stereocenters. The minimum atomic E-state index is -4.26. The molecule has 0 bridgehead atoms. The lowest BCUT2D eigenvalue weighted by Gasteiger charge is -2.33. The number of ether oxygens (including phenoxy) is 2. The van der Waals surface area contributed by atoms with Crippen LogP contribution in [0.15, 0.2) is 71.6 Å². The number of amides is 2. The smallest absolute Gasteiger partial charge is 0.264 e. The van der Waals surface area contributed by atoms with Crippen molar-refractivity contribution < 1.29 is 27.5 Å². The second-order valence-electron chi connectivity index (χ2n) is 10.1. The lowest BCUT2D eigenvalue weighted by Crippen LogP contribution is -2.52. The summed E-state index contributed by atoms with van der Waals surface area (Å²) in [6, 6.07) is 18.3. The van der Waals surface area contributed by atoms with Gasteiger partial charge in [-0.05, 0) is 67.6 Å². The van der Waals surface area contributed by atoms with E-state index in [-0.39, 0.29) is 23.1 Å². The zero-order chi connectivity index (χ0) is 30.9. The topological polar surface area (TPSA) is 105 Å². The van der Waals surface area contributed by atoms with E-state index in [1.807, 2.05) is 64.1 Å². The van der Waals surface area contributed by atoms with Gasteiger partial charge in [0.05, 0.1) is 24.8 Å². The van der Waals surface area contributed by atoms with Gasteiger partial charge >= 0.3 is 0 Å². The number of nitrogens with one attached hydrogen (secondary N) is 1. The quantitative estimate of drug-likeness (QED) is 0.286. The van der Waals surface area contributed by atoms with Crippen LogP contribution in [0.2, 0.25) is 0 Å². The van der Waals surface area contributed by atoms with Crippen LogP contribution >= 0.6 is 0 Å². The molecule has 3 rings (SSSR count). The molecule has 10 heteroatoms. The molecular weight excluding hydrogens is 554 g/mol. The van der Waals surface area contributed by atoms with Gasteiger partial charge in [-0.2, -0.15) is 0 Å². The molecule has 3 aromatic carbocycles. The van der Waals surface area contributed by atoms with E-state index in [4.69, 9.17) is 9.47 Å². The fraction of sp³-hybridized carbons (Fsp3) is 0.375. The Kier molecular flexibility index (Phi) is 11.4. The molecule has 3 aromatic rings. The molecule has 0 fully saturated rings. The zero-order valence-corrected chi connectivity index (χ0v) is 26.0. The fourth-order valence-electron chi connectivity index (χ4n) is 4.79. The summed E-state index contributed by atoms with van der Waals surface area (Å²) in [7, 11) is -1.37. The third-order valence-corrected chi connectivity index (χ3v) is 8.62. The summed E-state index contributed by atoms with van der Waals surface area (Å²) in [5, 5.41) is 2.89. The van der Waals surface area contributed by atoms with Crippen LogP contribution < -0.4 is 19.1 Å². The Labute approximate surface area is 249 Å². The van der Waals surface area contributed by atoms with E-state index in [9.17, 15) is 18.0 Å². The highest BCUT2D eigenvalue weighted by molar-refractivity contribution is 7.92. The standard InChI is InChI=1S/C32H41N3O6S/c1-7-16-33-32(37)28(8-2)34(21-25-12-10-9-11-13-25)31(36)22-35(26-18-23(3)17-24(4)19-26)42(38,39)27-14-15-29(40-5)30(20-27)41-6/h9-15,17-20,28H,7-8,16,21-22H2,1-6H3,(H,33,37). The first-order valence-corrected chi connectivity index (χ1v) is 15.4. The second-order valence-corrected chi connectivity index (χ2v) is 12.0. The number of hydrogen-bond donors (Lipinski definition) is 1. The van der Waals surface area contributed by atoms with Crippen LogP contribution in [0, 0.1) is 13.8 Å². The molecule has 0 heterocycles. The molecule has 1 atom stereocenters. The lowest BCUT2D eigenvalue weighted by atomic mass is 10.1. The number of rotatable bonds is 14. The van der Waals surface area contributed by atoms with Gasteiger partial charge in [0.1, 0.15) is 12.6 Å². The summed E-state index contributed by atoms with van der Waals surface area (Å²) in [4.78, 5) is 28.8. The number of carbonyl (C=O) groups is 2. The van der Waals surface area contributed by atoms with Crippen LogP contribution in [0.5, 0.6) is 11.5 Å². The highest BCUT2D eigenvalue weighted by Gasteiger charge is 2.34. The first kappa shape index (κ1) is 32.5. The molecule has 0 aromatic heterocycles. The monoisotopic (exact) mass is 595 g/mol. The van der Waals surface area contributed by atoms with Crippen LogP contribution in [-0.4, -0.2) is 58.5 Å². The van der Waals surface area contributed by atoms with Gasteiger partial charge in [0.25, 0.3) is 10.0 Å². The number of hydrogen-bond acceptors (Lipinski definition) is 6. The summed E-state index contributed by atoms with van der Waals surface area (Å²) in [5.74, 6) is -0.150. The van der Waals surface area contributed by atoms with Crippen LogP contribution in [0.1, 0.15) is 43.4 Å². The molecule has 0 radical (unpaired) electrons. The lowest BCUT2D eigenvalue weighted by molar-refractivity contribution is -0.140. The van der Waals surface area contributed by atoms with Crippen molar-refractivity contribution in [2.24, 2.45) is 0 Å². The van der Waals surface area contributed by atoms with Crippen molar-refractivity contribution in [2.75, 3.05) is 31.6 Å². The second kappa shape index (κ2) is 14.7. The Morgan fingerprint density at radius 3 is 2.10 bits per heavy atom. The third kappa shape index (κ3) is 7.82. The predicted octanol–water partition coefficient (Wildman–Crippen LogP) is 4.85. The van der Waals surface area contributed by atoms with Crippen LogP contribution in [0.3, 0.4) is 0 Å². The summed E-state index contributed by atoms with van der Waals surface area (Å²) < 4.78 is 40.2. The largest absolute Gasteiger partial charge is 0.493 e. The van der Waals surface area contributed by atoms with Gasteiger partial charge in [-0.1, -0.05) is 50.2 Å². The van der Waals surface area contributed by atoms with Gasteiger partial charge in [-0.25, -0.2) is 8.42 Å². The van der Waals surface area contributed by atoms with Crippen molar-refractivity contribution in [3.63, 3.8) is 0 Å². The van der Waals surface area contributed by atoms with Crippen LogP contribution in [0.4, 0.5) is 5.69 Å². The van der Waals surface area contributed by atoms with Crippen LogP contribution in [0.25, 0.3) is 0 Å². The summed E-state index contributed by atoms with van der Waals surface area (Å²) >= 11 is 0. The van der Waals surface area contributed by atoms with Crippen molar-refractivity contribution in [1.82, 2.24) is 10.2 Å². The number of carbonyl (C=O) groups excluding carboxylic acids is 2. The average molecular weight is 596 g/mol. The molecule has 0 aliphatic heterocycles. The number of benzene rings is 3. The summed E-state index contributed by atoms with van der Waals surface area (Å²) in [6.07, 6.45) is 1.11. The molecule has 226 valence electrons. The molecular formula is C32H41N3O6S. The Bertz CT molecular complexity index is 1460. The predicted molar refractivity (Wildman–Crippen MR) is 164 cm³/mol. The first-order chi connectivity index (χ1) is 20.0. The average Bonchev–Trinajstić information content (AvgIpc) is 2.97. The van der Waals surface area contributed by atoms with E-state index < -0.39 is 28.5 Å².